The lowest BCUT2D eigenvalue weighted by Crippen LogP contribution is -2.14. The molecule has 0 aliphatic rings. The molecule has 0 amide bonds. The Morgan fingerprint density at radius 3 is 2.19 bits per heavy atom. The average Bonchev–Trinajstić information content (AvgIpc) is 3.37. The van der Waals surface area contributed by atoms with Crippen molar-refractivity contribution in [3.63, 3.8) is 0 Å². The van der Waals surface area contributed by atoms with Crippen LogP contribution in [-0.2, 0) is 16.2 Å². The van der Waals surface area contributed by atoms with Crippen LogP contribution in [0.1, 0.15) is 5.69 Å². The summed E-state index contributed by atoms with van der Waals surface area (Å²) in [6.07, 6.45) is -3.56. The van der Waals surface area contributed by atoms with Gasteiger partial charge < -0.3 is 0 Å². The Bertz CT molecular complexity index is 1290. The third kappa shape index (κ3) is 4.77. The van der Waals surface area contributed by atoms with E-state index in [4.69, 9.17) is 5.14 Å². The third-order valence-electron chi connectivity index (χ3n) is 4.17. The first-order valence-electron chi connectivity index (χ1n) is 8.28. The maximum Gasteiger partial charge on any atom is 0.435 e. The molecule has 0 saturated carbocycles. The lowest BCUT2D eigenvalue weighted by atomic mass is 10.1. The predicted octanol–water partition coefficient (Wildman–Crippen LogP) is 4.15. The highest BCUT2D eigenvalue weighted by Crippen LogP contribution is 2.34. The number of pyridine rings is 1. The van der Waals surface area contributed by atoms with E-state index in [9.17, 15) is 21.6 Å². The van der Waals surface area contributed by atoms with Gasteiger partial charge >= 0.3 is 6.18 Å². The van der Waals surface area contributed by atoms with Gasteiger partial charge in [0.25, 0.3) is 10.0 Å². The van der Waals surface area contributed by atoms with Gasteiger partial charge in [-0.25, -0.2) is 28.2 Å². The van der Waals surface area contributed by atoms with Crippen molar-refractivity contribution < 1.29 is 21.6 Å². The molecule has 0 spiro atoms. The number of primary sulfonamides is 1. The zero-order chi connectivity index (χ0) is 21.5. The van der Waals surface area contributed by atoms with Crippen molar-refractivity contribution in [3.8, 4) is 28.2 Å². The molecule has 2 N–H and O–H groups in total. The van der Waals surface area contributed by atoms with Gasteiger partial charge in [-0.15, -0.1) is 23.7 Å². The third-order valence-corrected chi connectivity index (χ3v) is 5.58. The number of aromatic nitrogens is 4. The van der Waals surface area contributed by atoms with E-state index in [1.54, 1.807) is 29.8 Å². The van der Waals surface area contributed by atoms with E-state index < -0.39 is 26.9 Å². The van der Waals surface area contributed by atoms with Crippen LogP contribution in [0.25, 0.3) is 28.2 Å². The maximum absolute atomic E-state index is 13.3. The number of benzene rings is 1. The molecule has 0 bridgehead atoms. The van der Waals surface area contributed by atoms with E-state index in [0.29, 0.717) is 5.56 Å². The van der Waals surface area contributed by atoms with Crippen LogP contribution in [-0.4, -0.2) is 28.2 Å². The number of halogens is 4. The van der Waals surface area contributed by atoms with Gasteiger partial charge in [0.1, 0.15) is 0 Å². The molecule has 0 radical (unpaired) electrons. The lowest BCUT2D eigenvalue weighted by Gasteiger charge is -2.08. The zero-order valence-corrected chi connectivity index (χ0v) is 17.8. The molecule has 0 aliphatic heterocycles. The van der Waals surface area contributed by atoms with Crippen LogP contribution in [0.15, 0.2) is 64.6 Å². The Balaban J connectivity index is 0.00000272. The molecule has 4 aromatic rings. The molecular weight excluding hydrogens is 475 g/mol. The topological polar surface area (TPSA) is 104 Å². The molecule has 3 aromatic heterocycles. The Hall–Kier alpha value is -2.80. The van der Waals surface area contributed by atoms with E-state index in [0.717, 1.165) is 34.3 Å². The van der Waals surface area contributed by atoms with Crippen molar-refractivity contribution in [1.29, 1.82) is 0 Å². The predicted molar refractivity (Wildman–Crippen MR) is 112 cm³/mol. The smallest absolute Gasteiger partial charge is 0.245 e. The van der Waals surface area contributed by atoms with Gasteiger partial charge in [0.05, 0.1) is 28.8 Å². The van der Waals surface area contributed by atoms with E-state index in [-0.39, 0.29) is 23.8 Å². The molecule has 0 unspecified atom stereocenters. The van der Waals surface area contributed by atoms with Crippen LogP contribution in [0.3, 0.4) is 0 Å². The Labute approximate surface area is 184 Å². The van der Waals surface area contributed by atoms with Crippen LogP contribution in [0, 0.1) is 0 Å². The van der Waals surface area contributed by atoms with E-state index in [2.05, 4.69) is 15.1 Å². The fourth-order valence-electron chi connectivity index (χ4n) is 2.76. The highest BCUT2D eigenvalue weighted by atomic mass is 35.5. The van der Waals surface area contributed by atoms with Crippen molar-refractivity contribution >= 4 is 33.8 Å². The molecule has 7 nitrogen and oxygen atoms in total. The minimum atomic E-state index is -4.66. The molecule has 13 heteroatoms. The molecule has 3 heterocycles. The Morgan fingerprint density at radius 1 is 1.00 bits per heavy atom. The average molecular weight is 488 g/mol. The Kier molecular flexibility index (Phi) is 6.18. The SMILES string of the molecule is Cl.NS(=O)(=O)c1ccc(-n2nc(C(F)(F)F)cc2-c2ccc(-c3cscn3)cc2)cn1. The summed E-state index contributed by atoms with van der Waals surface area (Å²) in [7, 11) is -4.03. The van der Waals surface area contributed by atoms with Gasteiger partial charge in [0.15, 0.2) is 10.7 Å². The minimum absolute atomic E-state index is 0. The fourth-order valence-corrected chi connectivity index (χ4v) is 3.77. The largest absolute Gasteiger partial charge is 0.435 e. The minimum Gasteiger partial charge on any atom is -0.245 e. The molecular formula is C18H13ClF3N5O2S2. The molecule has 0 atom stereocenters. The van der Waals surface area contributed by atoms with Crippen molar-refractivity contribution in [2.75, 3.05) is 0 Å². The maximum atomic E-state index is 13.3. The standard InChI is InChI=1S/C18H12F3N5O2S2.ClH/c19-18(20,21)16-7-15(12-3-1-11(2-4-12)14-9-29-10-24-14)26(25-16)13-5-6-17(23-8-13)30(22,27)28;/h1-10H,(H2,22,27,28);1H. The first kappa shape index (κ1) is 22.9. The van der Waals surface area contributed by atoms with Crippen molar-refractivity contribution in [2.24, 2.45) is 5.14 Å². The molecule has 4 rings (SSSR count). The first-order chi connectivity index (χ1) is 14.1. The fraction of sp³-hybridized carbons (Fsp3) is 0.0556. The lowest BCUT2D eigenvalue weighted by molar-refractivity contribution is -0.141. The van der Waals surface area contributed by atoms with Gasteiger partial charge in [0, 0.05) is 16.5 Å². The van der Waals surface area contributed by atoms with E-state index in [1.807, 2.05) is 5.38 Å². The van der Waals surface area contributed by atoms with Gasteiger partial charge in [-0.05, 0) is 18.2 Å². The number of sulfonamides is 1. The first-order valence-corrected chi connectivity index (χ1v) is 10.8. The zero-order valence-electron chi connectivity index (χ0n) is 15.3. The molecule has 0 aliphatic carbocycles. The number of alkyl halides is 3. The summed E-state index contributed by atoms with van der Waals surface area (Å²) < 4.78 is 63.7. The van der Waals surface area contributed by atoms with Crippen LogP contribution in [0.2, 0.25) is 0 Å². The number of thiazole rings is 1. The summed E-state index contributed by atoms with van der Waals surface area (Å²) in [5.74, 6) is 0. The number of nitrogens with zero attached hydrogens (tertiary/aromatic N) is 4. The van der Waals surface area contributed by atoms with Gasteiger partial charge in [-0.1, -0.05) is 24.3 Å². The summed E-state index contributed by atoms with van der Waals surface area (Å²) >= 11 is 1.43. The van der Waals surface area contributed by atoms with Crippen molar-refractivity contribution in [1.82, 2.24) is 19.7 Å². The summed E-state index contributed by atoms with van der Waals surface area (Å²) in [5.41, 5.74) is 2.98. The van der Waals surface area contributed by atoms with Crippen LogP contribution in [0.4, 0.5) is 13.2 Å². The molecule has 162 valence electrons. The van der Waals surface area contributed by atoms with Crippen LogP contribution >= 0.6 is 23.7 Å². The molecule has 31 heavy (non-hydrogen) atoms. The Morgan fingerprint density at radius 2 is 1.68 bits per heavy atom. The number of hydrogen-bond donors (Lipinski definition) is 1. The summed E-state index contributed by atoms with van der Waals surface area (Å²) in [6, 6.07) is 10.1. The van der Waals surface area contributed by atoms with Crippen molar-refractivity contribution in [2.45, 2.75) is 11.2 Å². The number of hydrogen-bond acceptors (Lipinski definition) is 6. The second kappa shape index (κ2) is 8.38. The molecule has 0 saturated heterocycles. The second-order valence-corrected chi connectivity index (χ2v) is 8.40. The summed E-state index contributed by atoms with van der Waals surface area (Å²) in [6.45, 7) is 0. The normalized spacial score (nSPS) is 11.9. The highest BCUT2D eigenvalue weighted by Gasteiger charge is 2.35. The van der Waals surface area contributed by atoms with Crippen LogP contribution < -0.4 is 5.14 Å². The molecule has 0 fully saturated rings. The van der Waals surface area contributed by atoms with Crippen LogP contribution in [0.5, 0.6) is 0 Å². The summed E-state index contributed by atoms with van der Waals surface area (Å²) in [4.78, 5) is 7.92. The van der Waals surface area contributed by atoms with Gasteiger partial charge in [0.2, 0.25) is 0 Å². The van der Waals surface area contributed by atoms with Crippen molar-refractivity contribution in [3.05, 3.63) is 65.2 Å². The summed E-state index contributed by atoms with van der Waals surface area (Å²) in [5, 5.41) is 10.1. The monoisotopic (exact) mass is 487 g/mol. The number of rotatable bonds is 4. The molecule has 1 aromatic carbocycles. The number of nitrogens with two attached hydrogens (primary N) is 1. The van der Waals surface area contributed by atoms with E-state index in [1.165, 1.54) is 17.4 Å². The van der Waals surface area contributed by atoms with Gasteiger partial charge in [-0.2, -0.15) is 18.3 Å². The second-order valence-electron chi connectivity index (χ2n) is 6.18. The quantitative estimate of drug-likeness (QED) is 0.466. The van der Waals surface area contributed by atoms with E-state index >= 15 is 0 Å². The van der Waals surface area contributed by atoms with Gasteiger partial charge in [-0.3, -0.25) is 0 Å². The highest BCUT2D eigenvalue weighted by molar-refractivity contribution is 7.89.